The number of nitriles is 1. The van der Waals surface area contributed by atoms with E-state index in [0.717, 1.165) is 68.8 Å². The molecule has 2 saturated heterocycles. The molecule has 3 aromatic rings. The monoisotopic (exact) mass is 468 g/mol. The Kier molecular flexibility index (Phi) is 5.81. The molecule has 3 aliphatic heterocycles. The minimum absolute atomic E-state index is 0.166. The predicted molar refractivity (Wildman–Crippen MR) is 138 cm³/mol. The molecule has 3 unspecified atom stereocenters. The quantitative estimate of drug-likeness (QED) is 0.595. The number of rotatable bonds is 5. The number of hydrogen-bond donors (Lipinski definition) is 2. The average Bonchev–Trinajstić information content (AvgIpc) is 3.47. The van der Waals surface area contributed by atoms with Crippen molar-refractivity contribution >= 4 is 22.3 Å². The van der Waals surface area contributed by atoms with Crippen molar-refractivity contribution in [3.63, 3.8) is 0 Å². The molecule has 6 rings (SSSR count). The number of fused-ring (bicyclic) bond motifs is 4. The van der Waals surface area contributed by atoms with Crippen molar-refractivity contribution < 1.29 is 5.11 Å². The van der Waals surface area contributed by atoms with Gasteiger partial charge < -0.3 is 15.3 Å². The number of anilines is 2. The Hall–Kier alpha value is -3.18. The highest BCUT2D eigenvalue weighted by Crippen LogP contribution is 2.43. The summed E-state index contributed by atoms with van der Waals surface area (Å²) in [6, 6.07) is 17.7. The predicted octanol–water partition coefficient (Wildman–Crippen LogP) is 3.35. The molecule has 2 fully saturated rings. The van der Waals surface area contributed by atoms with Gasteiger partial charge >= 0.3 is 0 Å². The Labute approximate surface area is 206 Å². The summed E-state index contributed by atoms with van der Waals surface area (Å²) in [6.45, 7) is 8.77. The maximum absolute atomic E-state index is 9.79. The number of aliphatic hydroxyl groups excluding tert-OH is 1. The fraction of sp³-hybridized carbons (Fsp3) is 0.429. The highest BCUT2D eigenvalue weighted by molar-refractivity contribution is 5.95. The van der Waals surface area contributed by atoms with Gasteiger partial charge in [-0.15, -0.1) is 0 Å². The third-order valence-electron chi connectivity index (χ3n) is 7.96. The van der Waals surface area contributed by atoms with Gasteiger partial charge in [0.05, 0.1) is 23.2 Å². The van der Waals surface area contributed by atoms with Gasteiger partial charge in [0.25, 0.3) is 0 Å². The van der Waals surface area contributed by atoms with E-state index in [1.807, 2.05) is 12.1 Å². The lowest BCUT2D eigenvalue weighted by Gasteiger charge is -2.43. The van der Waals surface area contributed by atoms with Gasteiger partial charge in [0.2, 0.25) is 0 Å². The van der Waals surface area contributed by atoms with Crippen molar-refractivity contribution in [2.24, 2.45) is 0 Å². The number of benzene rings is 2. The Balaban J connectivity index is 1.24. The molecule has 2 aromatic carbocycles. The number of aromatic nitrogens is 1. The van der Waals surface area contributed by atoms with Gasteiger partial charge in [0, 0.05) is 74.8 Å². The molecule has 0 bridgehead atoms. The van der Waals surface area contributed by atoms with Crippen molar-refractivity contribution in [2.45, 2.75) is 38.1 Å². The Bertz CT molecular complexity index is 1290. The number of nitrogens with one attached hydrogen (secondary N) is 1. The van der Waals surface area contributed by atoms with Gasteiger partial charge in [-0.05, 0) is 54.8 Å². The highest BCUT2D eigenvalue weighted by atomic mass is 16.3. The van der Waals surface area contributed by atoms with Crippen molar-refractivity contribution in [3.05, 3.63) is 65.4 Å². The molecule has 35 heavy (non-hydrogen) atoms. The molecule has 0 aliphatic carbocycles. The molecular weight excluding hydrogens is 436 g/mol. The van der Waals surface area contributed by atoms with Gasteiger partial charge in [0.15, 0.2) is 0 Å². The Morgan fingerprint density at radius 1 is 1.14 bits per heavy atom. The van der Waals surface area contributed by atoms with Crippen LogP contribution in [0.3, 0.4) is 0 Å². The number of aliphatic hydroxyl groups is 1. The normalized spacial score (nSPS) is 24.4. The standard InChI is InChI=1S/C28H32N6O/c1-19-15-33(26-8-7-20(14-29)28-23(26)5-3-10-31-28)18-27-22-4-2-6-25(24(22)17-34(19)27)30-11-13-32-12-9-21(35)16-32/h2-8,10,19,21,27,30,35H,9,11-13,15-18H2,1H3. The topological polar surface area (TPSA) is 78.7 Å². The first-order valence-corrected chi connectivity index (χ1v) is 12.7. The maximum atomic E-state index is 9.79. The number of pyridine rings is 1. The van der Waals surface area contributed by atoms with E-state index in [0.29, 0.717) is 17.6 Å². The fourth-order valence-corrected chi connectivity index (χ4v) is 6.19. The summed E-state index contributed by atoms with van der Waals surface area (Å²) >= 11 is 0. The lowest BCUT2D eigenvalue weighted by Crippen LogP contribution is -2.51. The third kappa shape index (κ3) is 4.02. The van der Waals surface area contributed by atoms with Crippen LogP contribution in [0.15, 0.2) is 48.7 Å². The third-order valence-corrected chi connectivity index (χ3v) is 7.96. The van der Waals surface area contributed by atoms with Crippen molar-refractivity contribution in [3.8, 4) is 6.07 Å². The second-order valence-corrected chi connectivity index (χ2v) is 10.1. The van der Waals surface area contributed by atoms with Crippen molar-refractivity contribution in [1.82, 2.24) is 14.8 Å². The average molecular weight is 469 g/mol. The van der Waals surface area contributed by atoms with Gasteiger partial charge in [0.1, 0.15) is 6.07 Å². The van der Waals surface area contributed by atoms with Gasteiger partial charge in [-0.2, -0.15) is 5.26 Å². The fourth-order valence-electron chi connectivity index (χ4n) is 6.19. The van der Waals surface area contributed by atoms with Gasteiger partial charge in [-0.3, -0.25) is 14.8 Å². The smallest absolute Gasteiger partial charge is 0.101 e. The zero-order valence-corrected chi connectivity index (χ0v) is 20.2. The molecule has 0 radical (unpaired) electrons. The molecule has 3 atom stereocenters. The van der Waals surface area contributed by atoms with E-state index in [-0.39, 0.29) is 6.10 Å². The summed E-state index contributed by atoms with van der Waals surface area (Å²) in [7, 11) is 0. The van der Waals surface area contributed by atoms with Crippen LogP contribution in [-0.4, -0.2) is 71.3 Å². The Morgan fingerprint density at radius 2 is 2.06 bits per heavy atom. The first-order chi connectivity index (χ1) is 17.1. The van der Waals surface area contributed by atoms with Crippen LogP contribution < -0.4 is 10.2 Å². The molecule has 7 heteroatoms. The molecule has 180 valence electrons. The van der Waals surface area contributed by atoms with Crippen molar-refractivity contribution in [1.29, 1.82) is 5.26 Å². The van der Waals surface area contributed by atoms with Crippen LogP contribution in [0.25, 0.3) is 10.9 Å². The largest absolute Gasteiger partial charge is 0.392 e. The van der Waals surface area contributed by atoms with Crippen LogP contribution in [0.5, 0.6) is 0 Å². The molecular formula is C28H32N6O. The molecule has 7 nitrogen and oxygen atoms in total. The number of nitrogens with zero attached hydrogens (tertiary/aromatic N) is 5. The van der Waals surface area contributed by atoms with Crippen LogP contribution in [0.1, 0.15) is 36.1 Å². The molecule has 4 heterocycles. The minimum Gasteiger partial charge on any atom is -0.392 e. The molecule has 2 N–H and O–H groups in total. The highest BCUT2D eigenvalue weighted by Gasteiger charge is 2.40. The summed E-state index contributed by atoms with van der Waals surface area (Å²) in [6.07, 6.45) is 2.48. The maximum Gasteiger partial charge on any atom is 0.101 e. The number of β-amino-alcohol motifs (C(OH)–C–C–N with tert-alkyl or cyclic N) is 1. The first-order valence-electron chi connectivity index (χ1n) is 12.7. The number of piperazine rings is 1. The van der Waals surface area contributed by atoms with Crippen LogP contribution in [0, 0.1) is 11.3 Å². The van der Waals surface area contributed by atoms with Crippen LogP contribution >= 0.6 is 0 Å². The number of likely N-dealkylation sites (tertiary alicyclic amines) is 1. The summed E-state index contributed by atoms with van der Waals surface area (Å²) in [5.41, 5.74) is 6.64. The van der Waals surface area contributed by atoms with E-state index in [9.17, 15) is 10.4 Å². The second kappa shape index (κ2) is 9.12. The molecule has 0 saturated carbocycles. The van der Waals surface area contributed by atoms with E-state index in [1.54, 1.807) is 6.20 Å². The second-order valence-electron chi connectivity index (χ2n) is 10.1. The minimum atomic E-state index is -0.166. The Morgan fingerprint density at radius 3 is 2.89 bits per heavy atom. The van der Waals surface area contributed by atoms with E-state index in [4.69, 9.17) is 0 Å². The molecule has 0 amide bonds. The lowest BCUT2D eigenvalue weighted by atomic mass is 9.99. The van der Waals surface area contributed by atoms with Gasteiger partial charge in [-0.1, -0.05) is 12.1 Å². The number of hydrogen-bond acceptors (Lipinski definition) is 7. The summed E-state index contributed by atoms with van der Waals surface area (Å²) in [4.78, 5) is 12.0. The first kappa shape index (κ1) is 22.3. The van der Waals surface area contributed by atoms with Crippen LogP contribution in [0.2, 0.25) is 0 Å². The van der Waals surface area contributed by atoms with Crippen molar-refractivity contribution in [2.75, 3.05) is 49.5 Å². The lowest BCUT2D eigenvalue weighted by molar-refractivity contribution is 0.134. The zero-order chi connectivity index (χ0) is 23.9. The summed E-state index contributed by atoms with van der Waals surface area (Å²) in [5, 5.41) is 24.1. The van der Waals surface area contributed by atoms with Crippen LogP contribution in [-0.2, 0) is 6.54 Å². The summed E-state index contributed by atoms with van der Waals surface area (Å²) in [5.74, 6) is 0. The van der Waals surface area contributed by atoms with E-state index >= 15 is 0 Å². The SMILES string of the molecule is CC1CN(c2ccc(C#N)c3ncccc23)CC2c3cccc(NCCN4CCC(O)C4)c3CN12. The summed E-state index contributed by atoms with van der Waals surface area (Å²) < 4.78 is 0. The van der Waals surface area contributed by atoms with E-state index in [2.05, 4.69) is 68.3 Å². The molecule has 3 aliphatic rings. The molecule has 1 aromatic heterocycles. The molecule has 0 spiro atoms. The zero-order valence-electron chi connectivity index (χ0n) is 20.2. The van der Waals surface area contributed by atoms with Crippen LogP contribution in [0.4, 0.5) is 11.4 Å². The van der Waals surface area contributed by atoms with E-state index < -0.39 is 0 Å². The van der Waals surface area contributed by atoms with E-state index in [1.165, 1.54) is 16.8 Å². The van der Waals surface area contributed by atoms with Gasteiger partial charge in [-0.25, -0.2) is 0 Å².